The Morgan fingerprint density at radius 1 is 1.00 bits per heavy atom. The topological polar surface area (TPSA) is 96.6 Å². The number of anilines is 1. The number of nitrogens with zero attached hydrogens (tertiary/aromatic N) is 2. The van der Waals surface area contributed by atoms with E-state index in [1.165, 1.54) is 0 Å². The summed E-state index contributed by atoms with van der Waals surface area (Å²) < 4.78 is 11.3. The number of fused-ring (bicyclic) bond motifs is 2. The first-order valence-corrected chi connectivity index (χ1v) is 10.6. The molecule has 8 heteroatoms. The Kier molecular flexibility index (Phi) is 5.63. The Labute approximate surface area is 189 Å². The summed E-state index contributed by atoms with van der Waals surface area (Å²) in [6, 6.07) is 18.0. The van der Waals surface area contributed by atoms with E-state index in [0.717, 1.165) is 10.9 Å². The molecule has 2 aromatic carbocycles. The largest absolute Gasteiger partial charge is 0.486 e. The van der Waals surface area contributed by atoms with E-state index >= 15 is 0 Å². The zero-order valence-corrected chi connectivity index (χ0v) is 17.8. The van der Waals surface area contributed by atoms with Gasteiger partial charge in [0.25, 0.3) is 5.56 Å². The highest BCUT2D eigenvalue weighted by Crippen LogP contribution is 2.33. The second kappa shape index (κ2) is 9.04. The first kappa shape index (κ1) is 20.6. The van der Waals surface area contributed by atoms with Gasteiger partial charge in [-0.15, -0.1) is 0 Å². The lowest BCUT2D eigenvalue weighted by Gasteiger charge is -2.23. The molecule has 2 aromatic heterocycles. The van der Waals surface area contributed by atoms with Crippen LogP contribution in [0.25, 0.3) is 10.9 Å². The number of para-hydroxylation sites is 1. The molecule has 0 radical (unpaired) electrons. The Bertz CT molecular complexity index is 1340. The molecule has 0 bridgehead atoms. The quantitative estimate of drug-likeness (QED) is 0.488. The van der Waals surface area contributed by atoms with Crippen molar-refractivity contribution in [3.63, 3.8) is 0 Å². The average Bonchev–Trinajstić information content (AvgIpc) is 2.84. The van der Waals surface area contributed by atoms with Crippen LogP contribution in [0.3, 0.4) is 0 Å². The lowest BCUT2D eigenvalue weighted by molar-refractivity contribution is 0.172. The number of hydrogen-bond donors (Lipinski definition) is 2. The summed E-state index contributed by atoms with van der Waals surface area (Å²) in [4.78, 5) is 34.6. The van der Waals surface area contributed by atoms with Gasteiger partial charge in [0.1, 0.15) is 13.2 Å². The summed E-state index contributed by atoms with van der Waals surface area (Å²) in [5, 5.41) is 3.70. The number of amides is 2. The van der Waals surface area contributed by atoms with Crippen LogP contribution in [0.15, 0.2) is 77.9 Å². The fraction of sp³-hybridized carbons (Fsp3) is 0.160. The number of aromatic amines is 1. The number of benzene rings is 2. The van der Waals surface area contributed by atoms with Gasteiger partial charge in [-0.3, -0.25) is 9.78 Å². The summed E-state index contributed by atoms with van der Waals surface area (Å²) in [7, 11) is 0. The Morgan fingerprint density at radius 3 is 2.55 bits per heavy atom. The third-order valence-corrected chi connectivity index (χ3v) is 5.35. The minimum absolute atomic E-state index is 0.118. The van der Waals surface area contributed by atoms with Crippen LogP contribution >= 0.6 is 0 Å². The molecule has 33 heavy (non-hydrogen) atoms. The van der Waals surface area contributed by atoms with Crippen LogP contribution in [-0.2, 0) is 13.1 Å². The van der Waals surface area contributed by atoms with Gasteiger partial charge in [0.15, 0.2) is 11.5 Å². The van der Waals surface area contributed by atoms with Gasteiger partial charge in [0.2, 0.25) is 0 Å². The number of aromatic nitrogens is 2. The molecule has 2 amide bonds. The predicted octanol–water partition coefficient (Wildman–Crippen LogP) is 3.93. The highest BCUT2D eigenvalue weighted by Gasteiger charge is 2.19. The third kappa shape index (κ3) is 4.64. The van der Waals surface area contributed by atoms with Crippen LogP contribution in [0.5, 0.6) is 11.5 Å². The van der Waals surface area contributed by atoms with Crippen LogP contribution in [0.4, 0.5) is 10.5 Å². The van der Waals surface area contributed by atoms with Crippen LogP contribution < -0.4 is 20.3 Å². The van der Waals surface area contributed by atoms with E-state index in [-0.39, 0.29) is 18.1 Å². The highest BCUT2D eigenvalue weighted by molar-refractivity contribution is 5.89. The number of pyridine rings is 2. The minimum Gasteiger partial charge on any atom is -0.486 e. The SMILES string of the molecule is O=C(Nc1ccccc1)N(Cc1cccnc1)Cc1cc2cc3c(cc2[nH]c1=O)OCCO3. The predicted molar refractivity (Wildman–Crippen MR) is 125 cm³/mol. The molecule has 4 aromatic rings. The van der Waals surface area contributed by atoms with Crippen molar-refractivity contribution in [2.75, 3.05) is 18.5 Å². The van der Waals surface area contributed by atoms with Crippen molar-refractivity contribution >= 4 is 22.6 Å². The van der Waals surface area contributed by atoms with Gasteiger partial charge in [-0.1, -0.05) is 24.3 Å². The molecule has 0 unspecified atom stereocenters. The maximum absolute atomic E-state index is 13.1. The van der Waals surface area contributed by atoms with Crippen LogP contribution in [-0.4, -0.2) is 34.1 Å². The molecule has 2 N–H and O–H groups in total. The number of carbonyl (C=O) groups is 1. The molecule has 0 saturated heterocycles. The van der Waals surface area contributed by atoms with Gasteiger partial charge in [-0.2, -0.15) is 0 Å². The Morgan fingerprint density at radius 2 is 1.79 bits per heavy atom. The van der Waals surface area contributed by atoms with Gasteiger partial charge >= 0.3 is 6.03 Å². The fourth-order valence-electron chi connectivity index (χ4n) is 3.75. The van der Waals surface area contributed by atoms with Crippen molar-refractivity contribution in [1.29, 1.82) is 0 Å². The molecule has 1 aliphatic heterocycles. The molecular formula is C25H22N4O4. The molecule has 0 spiro atoms. The Hall–Kier alpha value is -4.33. The number of rotatable bonds is 5. The normalized spacial score (nSPS) is 12.4. The lowest BCUT2D eigenvalue weighted by Crippen LogP contribution is -2.35. The second-order valence-corrected chi connectivity index (χ2v) is 7.72. The van der Waals surface area contributed by atoms with Crippen molar-refractivity contribution in [3.8, 4) is 11.5 Å². The van der Waals surface area contributed by atoms with Crippen molar-refractivity contribution in [2.24, 2.45) is 0 Å². The van der Waals surface area contributed by atoms with Crippen molar-refractivity contribution in [3.05, 3.63) is 94.5 Å². The van der Waals surface area contributed by atoms with E-state index in [1.54, 1.807) is 29.4 Å². The summed E-state index contributed by atoms with van der Waals surface area (Å²) in [6.45, 7) is 1.37. The molecule has 0 atom stereocenters. The van der Waals surface area contributed by atoms with E-state index in [2.05, 4.69) is 15.3 Å². The van der Waals surface area contributed by atoms with E-state index in [1.807, 2.05) is 48.5 Å². The maximum atomic E-state index is 13.1. The average molecular weight is 442 g/mol. The van der Waals surface area contributed by atoms with Gasteiger partial charge in [-0.05, 0) is 35.9 Å². The number of urea groups is 1. The molecule has 0 saturated carbocycles. The van der Waals surface area contributed by atoms with Gasteiger partial charge in [0.05, 0.1) is 12.1 Å². The van der Waals surface area contributed by atoms with E-state index in [0.29, 0.717) is 48.0 Å². The molecule has 1 aliphatic rings. The summed E-state index contributed by atoms with van der Waals surface area (Å²) in [5.74, 6) is 1.25. The van der Waals surface area contributed by atoms with Crippen molar-refractivity contribution in [1.82, 2.24) is 14.9 Å². The number of nitrogens with one attached hydrogen (secondary N) is 2. The molecular weight excluding hydrogens is 420 g/mol. The molecule has 3 heterocycles. The van der Waals surface area contributed by atoms with Crippen molar-refractivity contribution < 1.29 is 14.3 Å². The summed E-state index contributed by atoms with van der Waals surface area (Å²) >= 11 is 0. The van der Waals surface area contributed by atoms with Crippen LogP contribution in [0.1, 0.15) is 11.1 Å². The van der Waals surface area contributed by atoms with Gasteiger partial charge < -0.3 is 24.7 Å². The van der Waals surface area contributed by atoms with Gasteiger partial charge in [0, 0.05) is 41.6 Å². The second-order valence-electron chi connectivity index (χ2n) is 7.72. The third-order valence-electron chi connectivity index (χ3n) is 5.35. The highest BCUT2D eigenvalue weighted by atomic mass is 16.6. The number of H-pyrrole nitrogens is 1. The van der Waals surface area contributed by atoms with Gasteiger partial charge in [-0.25, -0.2) is 4.79 Å². The number of carbonyl (C=O) groups excluding carboxylic acids is 1. The van der Waals surface area contributed by atoms with E-state index in [9.17, 15) is 9.59 Å². The first-order chi connectivity index (χ1) is 16.2. The van der Waals surface area contributed by atoms with Crippen LogP contribution in [0.2, 0.25) is 0 Å². The summed E-state index contributed by atoms with van der Waals surface area (Å²) in [5.41, 5.74) is 2.39. The molecule has 5 rings (SSSR count). The standard InChI is InChI=1S/C25H22N4O4/c30-24-19(11-18-12-22-23(13-21(18)28-24)33-10-9-32-22)16-29(15-17-5-4-8-26-14-17)25(31)27-20-6-2-1-3-7-20/h1-8,11-14H,9-10,15-16H2,(H,27,31)(H,28,30). The number of ether oxygens (including phenoxy) is 2. The van der Waals surface area contributed by atoms with Crippen LogP contribution in [0, 0.1) is 0 Å². The minimum atomic E-state index is -0.313. The zero-order chi connectivity index (χ0) is 22.6. The summed E-state index contributed by atoms with van der Waals surface area (Å²) in [6.07, 6.45) is 3.38. The monoisotopic (exact) mass is 442 g/mol. The molecule has 0 fully saturated rings. The zero-order valence-electron chi connectivity index (χ0n) is 17.8. The molecule has 0 aliphatic carbocycles. The maximum Gasteiger partial charge on any atom is 0.322 e. The van der Waals surface area contributed by atoms with Crippen molar-refractivity contribution in [2.45, 2.75) is 13.1 Å². The molecule has 8 nitrogen and oxygen atoms in total. The lowest BCUT2D eigenvalue weighted by atomic mass is 10.1. The smallest absolute Gasteiger partial charge is 0.322 e. The molecule has 166 valence electrons. The van der Waals surface area contributed by atoms with E-state index < -0.39 is 0 Å². The van der Waals surface area contributed by atoms with E-state index in [4.69, 9.17) is 9.47 Å². The Balaban J connectivity index is 1.46. The fourth-order valence-corrected chi connectivity index (χ4v) is 3.75. The first-order valence-electron chi connectivity index (χ1n) is 10.6. The number of hydrogen-bond acceptors (Lipinski definition) is 5.